The first-order valence-electron chi connectivity index (χ1n) is 7.92. The number of carbonyl (C=O) groups excluding carboxylic acids is 1. The number of hydrogen-bond acceptors (Lipinski definition) is 6. The predicted octanol–water partition coefficient (Wildman–Crippen LogP) is 2.36. The summed E-state index contributed by atoms with van der Waals surface area (Å²) in [5.41, 5.74) is 7.45. The molecular weight excluding hydrogens is 360 g/mol. The Labute approximate surface area is 151 Å². The molecule has 7 nitrogen and oxygen atoms in total. The minimum atomic E-state index is -3.39. The number of carbonyl (C=O) groups is 1. The molecule has 0 saturated carbocycles. The number of aromatic nitrogens is 1. The van der Waals surface area contributed by atoms with Crippen LogP contribution in [0.2, 0.25) is 0 Å². The molecule has 0 aliphatic carbocycles. The number of nitrogens with two attached hydrogens (primary N) is 1. The highest BCUT2D eigenvalue weighted by Gasteiger charge is 2.15. The van der Waals surface area contributed by atoms with Gasteiger partial charge in [0, 0.05) is 17.5 Å². The van der Waals surface area contributed by atoms with E-state index in [1.165, 1.54) is 11.3 Å². The van der Waals surface area contributed by atoms with Crippen LogP contribution in [-0.2, 0) is 16.4 Å². The molecule has 2 rings (SSSR count). The van der Waals surface area contributed by atoms with E-state index in [0.29, 0.717) is 42.0 Å². The second-order valence-electron chi connectivity index (χ2n) is 5.52. The second-order valence-corrected chi connectivity index (χ2v) is 8.30. The van der Waals surface area contributed by atoms with Crippen LogP contribution in [0, 0.1) is 6.92 Å². The van der Waals surface area contributed by atoms with Gasteiger partial charge in [0.2, 0.25) is 10.0 Å². The highest BCUT2D eigenvalue weighted by atomic mass is 32.2. The summed E-state index contributed by atoms with van der Waals surface area (Å²) in [5, 5.41) is 5.27. The molecule has 9 heteroatoms. The summed E-state index contributed by atoms with van der Waals surface area (Å²) in [4.78, 5) is 16.6. The summed E-state index contributed by atoms with van der Waals surface area (Å²) >= 11 is 1.39. The zero-order chi connectivity index (χ0) is 18.4. The first-order chi connectivity index (χ1) is 11.9. The van der Waals surface area contributed by atoms with Gasteiger partial charge in [-0.3, -0.25) is 9.52 Å². The van der Waals surface area contributed by atoms with Crippen LogP contribution in [0.5, 0.6) is 0 Å². The van der Waals surface area contributed by atoms with Crippen molar-refractivity contribution in [3.63, 3.8) is 0 Å². The SMILES string of the molecule is CCCS(=O)(=O)Nc1cccc(NC(=O)c2csc(CCN)n2)c1C. The summed E-state index contributed by atoms with van der Waals surface area (Å²) in [6, 6.07) is 5.08. The fourth-order valence-corrected chi connectivity index (χ4v) is 4.20. The van der Waals surface area contributed by atoms with Crippen LogP contribution in [0.3, 0.4) is 0 Å². The lowest BCUT2D eigenvalue weighted by atomic mass is 10.1. The minimum absolute atomic E-state index is 0.0474. The van der Waals surface area contributed by atoms with Crippen molar-refractivity contribution in [3.05, 3.63) is 39.8 Å². The molecule has 1 amide bonds. The highest BCUT2D eigenvalue weighted by molar-refractivity contribution is 7.92. The van der Waals surface area contributed by atoms with Crippen LogP contribution in [0.4, 0.5) is 11.4 Å². The summed E-state index contributed by atoms with van der Waals surface area (Å²) in [7, 11) is -3.39. The van der Waals surface area contributed by atoms with Gasteiger partial charge < -0.3 is 11.1 Å². The van der Waals surface area contributed by atoms with Gasteiger partial charge in [-0.1, -0.05) is 13.0 Å². The molecule has 0 saturated heterocycles. The van der Waals surface area contributed by atoms with Crippen molar-refractivity contribution in [2.24, 2.45) is 5.73 Å². The predicted molar refractivity (Wildman–Crippen MR) is 102 cm³/mol. The molecule has 0 aliphatic rings. The van der Waals surface area contributed by atoms with Gasteiger partial charge in [-0.2, -0.15) is 0 Å². The smallest absolute Gasteiger partial charge is 0.275 e. The number of amides is 1. The minimum Gasteiger partial charge on any atom is -0.330 e. The maximum Gasteiger partial charge on any atom is 0.275 e. The van der Waals surface area contributed by atoms with Crippen molar-refractivity contribution in [2.75, 3.05) is 22.3 Å². The van der Waals surface area contributed by atoms with Crippen molar-refractivity contribution in [2.45, 2.75) is 26.7 Å². The van der Waals surface area contributed by atoms with E-state index in [9.17, 15) is 13.2 Å². The quantitative estimate of drug-likeness (QED) is 0.648. The Kier molecular flexibility index (Phi) is 6.51. The molecule has 1 aromatic carbocycles. The summed E-state index contributed by atoms with van der Waals surface area (Å²) in [6.07, 6.45) is 1.16. The number of rotatable bonds is 8. The van der Waals surface area contributed by atoms with Crippen molar-refractivity contribution in [1.29, 1.82) is 0 Å². The lowest BCUT2D eigenvalue weighted by molar-refractivity contribution is 0.102. The number of thiazole rings is 1. The van der Waals surface area contributed by atoms with Gasteiger partial charge in [0.15, 0.2) is 0 Å². The van der Waals surface area contributed by atoms with E-state index in [1.54, 1.807) is 37.4 Å². The van der Waals surface area contributed by atoms with Gasteiger partial charge in [-0.15, -0.1) is 11.3 Å². The highest BCUT2D eigenvalue weighted by Crippen LogP contribution is 2.25. The molecule has 25 heavy (non-hydrogen) atoms. The van der Waals surface area contributed by atoms with Crippen molar-refractivity contribution >= 4 is 38.6 Å². The van der Waals surface area contributed by atoms with Gasteiger partial charge in [0.25, 0.3) is 5.91 Å². The Morgan fingerprint density at radius 1 is 1.32 bits per heavy atom. The molecule has 0 fully saturated rings. The molecule has 0 aliphatic heterocycles. The third-order valence-corrected chi connectivity index (χ3v) is 5.85. The Balaban J connectivity index is 2.17. The zero-order valence-electron chi connectivity index (χ0n) is 14.2. The van der Waals surface area contributed by atoms with Crippen LogP contribution >= 0.6 is 11.3 Å². The van der Waals surface area contributed by atoms with Gasteiger partial charge in [-0.25, -0.2) is 13.4 Å². The van der Waals surface area contributed by atoms with E-state index in [1.807, 2.05) is 0 Å². The van der Waals surface area contributed by atoms with E-state index in [2.05, 4.69) is 15.0 Å². The maximum absolute atomic E-state index is 12.3. The van der Waals surface area contributed by atoms with Crippen LogP contribution in [0.15, 0.2) is 23.6 Å². The lowest BCUT2D eigenvalue weighted by Gasteiger charge is -2.13. The number of sulfonamides is 1. The molecule has 1 heterocycles. The molecule has 4 N–H and O–H groups in total. The largest absolute Gasteiger partial charge is 0.330 e. The number of nitrogens with one attached hydrogen (secondary N) is 2. The number of nitrogens with zero attached hydrogens (tertiary/aromatic N) is 1. The van der Waals surface area contributed by atoms with Crippen molar-refractivity contribution in [1.82, 2.24) is 4.98 Å². The lowest BCUT2D eigenvalue weighted by Crippen LogP contribution is -2.18. The van der Waals surface area contributed by atoms with Gasteiger partial charge in [0.05, 0.1) is 16.4 Å². The van der Waals surface area contributed by atoms with E-state index < -0.39 is 10.0 Å². The number of hydrogen-bond donors (Lipinski definition) is 3. The average Bonchev–Trinajstić information content (AvgIpc) is 3.00. The zero-order valence-corrected chi connectivity index (χ0v) is 15.8. The van der Waals surface area contributed by atoms with Crippen molar-refractivity contribution in [3.8, 4) is 0 Å². The Bertz CT molecular complexity index is 847. The molecule has 0 atom stereocenters. The van der Waals surface area contributed by atoms with E-state index >= 15 is 0 Å². The van der Waals surface area contributed by atoms with E-state index in [0.717, 1.165) is 5.01 Å². The third kappa shape index (κ3) is 5.25. The van der Waals surface area contributed by atoms with Crippen LogP contribution < -0.4 is 15.8 Å². The van der Waals surface area contributed by atoms with Crippen LogP contribution in [-0.4, -0.2) is 31.6 Å². The molecule has 0 spiro atoms. The standard InChI is InChI=1S/C16H22N4O3S2/c1-3-9-25(22,23)20-13-6-4-5-12(11(13)2)19-16(21)14-10-24-15(18-14)7-8-17/h4-6,10,20H,3,7-9,17H2,1-2H3,(H,19,21). The first kappa shape index (κ1) is 19.4. The fraction of sp³-hybridized carbons (Fsp3) is 0.375. The normalized spacial score (nSPS) is 11.3. The molecule has 1 aromatic heterocycles. The molecule has 0 bridgehead atoms. The third-order valence-electron chi connectivity index (χ3n) is 3.46. The maximum atomic E-state index is 12.3. The molecule has 0 radical (unpaired) electrons. The van der Waals surface area contributed by atoms with E-state index in [4.69, 9.17) is 5.73 Å². The summed E-state index contributed by atoms with van der Waals surface area (Å²) in [5.74, 6) is -0.289. The average molecular weight is 383 g/mol. The van der Waals surface area contributed by atoms with Gasteiger partial charge in [-0.05, 0) is 37.6 Å². The molecule has 136 valence electrons. The number of anilines is 2. The monoisotopic (exact) mass is 382 g/mol. The Hall–Kier alpha value is -1.97. The topological polar surface area (TPSA) is 114 Å². The Morgan fingerprint density at radius 3 is 2.72 bits per heavy atom. The van der Waals surface area contributed by atoms with Crippen molar-refractivity contribution < 1.29 is 13.2 Å². The van der Waals surface area contributed by atoms with Crippen LogP contribution in [0.25, 0.3) is 0 Å². The fourth-order valence-electron chi connectivity index (χ4n) is 2.21. The second kappa shape index (κ2) is 8.41. The first-order valence-corrected chi connectivity index (χ1v) is 10.5. The van der Waals surface area contributed by atoms with E-state index in [-0.39, 0.29) is 11.7 Å². The molecular formula is C16H22N4O3S2. The number of benzene rings is 1. The molecule has 0 unspecified atom stereocenters. The van der Waals surface area contributed by atoms with Gasteiger partial charge in [0.1, 0.15) is 5.69 Å². The summed E-state index contributed by atoms with van der Waals surface area (Å²) < 4.78 is 26.5. The Morgan fingerprint density at radius 2 is 2.04 bits per heavy atom. The van der Waals surface area contributed by atoms with Gasteiger partial charge >= 0.3 is 0 Å². The summed E-state index contributed by atoms with van der Waals surface area (Å²) in [6.45, 7) is 4.03. The molecule has 2 aromatic rings. The van der Waals surface area contributed by atoms with Crippen LogP contribution in [0.1, 0.15) is 34.4 Å².